The van der Waals surface area contributed by atoms with Gasteiger partial charge in [-0.15, -0.1) is 0 Å². The molecule has 0 radical (unpaired) electrons. The Morgan fingerprint density at radius 2 is 1.18 bits per heavy atom. The Morgan fingerprint density at radius 1 is 0.727 bits per heavy atom. The van der Waals surface area contributed by atoms with Crippen molar-refractivity contribution in [2.75, 3.05) is 24.6 Å². The average molecular weight is 176 g/mol. The van der Waals surface area contributed by atoms with Crippen molar-refractivity contribution in [2.45, 2.75) is 25.7 Å². The third kappa shape index (κ3) is 10.3. The van der Waals surface area contributed by atoms with Gasteiger partial charge >= 0.3 is 0 Å². The molecule has 0 spiro atoms. The lowest BCUT2D eigenvalue weighted by atomic mass is 10.3. The van der Waals surface area contributed by atoms with Gasteiger partial charge in [-0.1, -0.05) is 0 Å². The lowest BCUT2D eigenvalue weighted by Crippen LogP contribution is -2.00. The van der Waals surface area contributed by atoms with Gasteiger partial charge in [0.1, 0.15) is 0 Å². The first-order valence-corrected chi connectivity index (χ1v) is 5.55. The van der Waals surface area contributed by atoms with Gasteiger partial charge in [-0.25, -0.2) is 0 Å². The highest BCUT2D eigenvalue weighted by Gasteiger charge is 1.89. The number of hydrogen-bond acceptors (Lipinski definition) is 3. The summed E-state index contributed by atoms with van der Waals surface area (Å²) >= 11 is 2.02. The van der Waals surface area contributed by atoms with Crippen LogP contribution in [0.15, 0.2) is 0 Å². The van der Waals surface area contributed by atoms with Gasteiger partial charge in [0.25, 0.3) is 0 Å². The van der Waals surface area contributed by atoms with E-state index in [1.807, 2.05) is 11.8 Å². The van der Waals surface area contributed by atoms with Crippen LogP contribution in [0.1, 0.15) is 25.7 Å². The highest BCUT2D eigenvalue weighted by molar-refractivity contribution is 7.99. The number of hydrogen-bond donors (Lipinski definition) is 2. The van der Waals surface area contributed by atoms with E-state index in [1.54, 1.807) is 0 Å². The number of unbranched alkanes of at least 4 members (excludes halogenated alkanes) is 2. The van der Waals surface area contributed by atoms with Crippen molar-refractivity contribution < 1.29 is 0 Å². The molecule has 11 heavy (non-hydrogen) atoms. The Kier molecular flexibility index (Phi) is 10.5. The predicted molar refractivity (Wildman–Crippen MR) is 53.9 cm³/mol. The van der Waals surface area contributed by atoms with E-state index in [1.165, 1.54) is 37.2 Å². The molecule has 4 N–H and O–H groups in total. The lowest BCUT2D eigenvalue weighted by Gasteiger charge is -1.99. The first kappa shape index (κ1) is 11.3. The lowest BCUT2D eigenvalue weighted by molar-refractivity contribution is 0.803. The van der Waals surface area contributed by atoms with Gasteiger partial charge in [0.15, 0.2) is 0 Å². The van der Waals surface area contributed by atoms with Crippen LogP contribution in [0.4, 0.5) is 0 Å². The van der Waals surface area contributed by atoms with E-state index < -0.39 is 0 Å². The topological polar surface area (TPSA) is 52.0 Å². The largest absolute Gasteiger partial charge is 0.330 e. The minimum absolute atomic E-state index is 0.837. The third-order valence-corrected chi connectivity index (χ3v) is 2.64. The summed E-state index contributed by atoms with van der Waals surface area (Å²) in [5, 5.41) is 0. The van der Waals surface area contributed by atoms with Crippen molar-refractivity contribution >= 4 is 11.8 Å². The first-order chi connectivity index (χ1) is 5.41. The number of nitrogens with two attached hydrogens (primary N) is 2. The summed E-state index contributed by atoms with van der Waals surface area (Å²) in [7, 11) is 0. The third-order valence-electron chi connectivity index (χ3n) is 1.49. The summed E-state index contributed by atoms with van der Waals surface area (Å²) in [6.45, 7) is 1.67. The van der Waals surface area contributed by atoms with E-state index in [0.29, 0.717) is 0 Å². The Hall–Kier alpha value is 0.270. The zero-order valence-corrected chi connectivity index (χ0v) is 8.04. The molecule has 0 heterocycles. The summed E-state index contributed by atoms with van der Waals surface area (Å²) in [4.78, 5) is 0. The van der Waals surface area contributed by atoms with Crippen LogP contribution in [0, 0.1) is 0 Å². The minimum Gasteiger partial charge on any atom is -0.330 e. The SMILES string of the molecule is NCCCCSCCCCN. The van der Waals surface area contributed by atoms with Crippen LogP contribution in [0.3, 0.4) is 0 Å². The molecule has 0 bridgehead atoms. The fourth-order valence-corrected chi connectivity index (χ4v) is 1.82. The smallest absolute Gasteiger partial charge is 0.00671 e. The maximum absolute atomic E-state index is 5.37. The molecule has 2 nitrogen and oxygen atoms in total. The Labute approximate surface area is 74.1 Å². The fraction of sp³-hybridized carbons (Fsp3) is 1.00. The second-order valence-corrected chi connectivity index (χ2v) is 3.83. The normalized spacial score (nSPS) is 10.4. The van der Waals surface area contributed by atoms with Crippen molar-refractivity contribution in [3.8, 4) is 0 Å². The molecule has 0 fully saturated rings. The van der Waals surface area contributed by atoms with Gasteiger partial charge in [0, 0.05) is 0 Å². The van der Waals surface area contributed by atoms with Crippen LogP contribution >= 0.6 is 11.8 Å². The van der Waals surface area contributed by atoms with Crippen LogP contribution in [0.2, 0.25) is 0 Å². The zero-order chi connectivity index (χ0) is 8.36. The second kappa shape index (κ2) is 10.3. The fourth-order valence-electron chi connectivity index (χ4n) is 0.799. The molecule has 0 saturated heterocycles. The highest BCUT2D eigenvalue weighted by Crippen LogP contribution is 2.06. The molecule has 0 saturated carbocycles. The van der Waals surface area contributed by atoms with E-state index >= 15 is 0 Å². The molecule has 0 aliphatic rings. The van der Waals surface area contributed by atoms with Gasteiger partial charge in [-0.2, -0.15) is 11.8 Å². The monoisotopic (exact) mass is 176 g/mol. The van der Waals surface area contributed by atoms with Gasteiger partial charge in [0.05, 0.1) is 0 Å². The van der Waals surface area contributed by atoms with Crippen LogP contribution in [0.5, 0.6) is 0 Å². The highest BCUT2D eigenvalue weighted by atomic mass is 32.2. The standard InChI is InChI=1S/C8H20N2S/c9-5-1-3-7-11-8-4-2-6-10/h1-10H2. The predicted octanol–water partition coefficient (Wildman–Crippen LogP) is 1.20. The average Bonchev–Trinajstić information content (AvgIpc) is 2.03. The van der Waals surface area contributed by atoms with E-state index in [2.05, 4.69) is 0 Å². The summed E-state index contributed by atoms with van der Waals surface area (Å²) in [6, 6.07) is 0. The quantitative estimate of drug-likeness (QED) is 0.546. The van der Waals surface area contributed by atoms with Crippen LogP contribution in [-0.4, -0.2) is 24.6 Å². The molecule has 0 aromatic rings. The molecular formula is C8H20N2S. The molecule has 0 aliphatic carbocycles. The van der Waals surface area contributed by atoms with E-state index in [4.69, 9.17) is 11.5 Å². The zero-order valence-electron chi connectivity index (χ0n) is 7.22. The van der Waals surface area contributed by atoms with Crippen molar-refractivity contribution in [2.24, 2.45) is 11.5 Å². The Morgan fingerprint density at radius 3 is 1.55 bits per heavy atom. The Balaban J connectivity index is 2.69. The van der Waals surface area contributed by atoms with Crippen LogP contribution in [0.25, 0.3) is 0 Å². The molecule has 0 rings (SSSR count). The first-order valence-electron chi connectivity index (χ1n) is 4.39. The van der Waals surface area contributed by atoms with Gasteiger partial charge in [-0.05, 0) is 50.3 Å². The van der Waals surface area contributed by atoms with E-state index in [-0.39, 0.29) is 0 Å². The molecular weight excluding hydrogens is 156 g/mol. The number of thioether (sulfide) groups is 1. The van der Waals surface area contributed by atoms with Crippen LogP contribution < -0.4 is 11.5 Å². The molecule has 0 aliphatic heterocycles. The molecule has 68 valence electrons. The number of rotatable bonds is 8. The molecule has 0 aromatic carbocycles. The van der Waals surface area contributed by atoms with Crippen molar-refractivity contribution in [1.29, 1.82) is 0 Å². The van der Waals surface area contributed by atoms with Crippen molar-refractivity contribution in [3.05, 3.63) is 0 Å². The summed E-state index contributed by atoms with van der Waals surface area (Å²) in [5.74, 6) is 2.53. The van der Waals surface area contributed by atoms with Crippen molar-refractivity contribution in [3.63, 3.8) is 0 Å². The van der Waals surface area contributed by atoms with Gasteiger partial charge < -0.3 is 11.5 Å². The molecule has 0 aromatic heterocycles. The minimum atomic E-state index is 0.837. The second-order valence-electron chi connectivity index (χ2n) is 2.60. The molecule has 0 unspecified atom stereocenters. The maximum Gasteiger partial charge on any atom is -0.00671 e. The summed E-state index contributed by atoms with van der Waals surface area (Å²) in [5.41, 5.74) is 10.7. The molecule has 0 amide bonds. The van der Waals surface area contributed by atoms with Crippen LogP contribution in [-0.2, 0) is 0 Å². The summed E-state index contributed by atoms with van der Waals surface area (Å²) in [6.07, 6.45) is 4.88. The molecule has 3 heteroatoms. The van der Waals surface area contributed by atoms with E-state index in [9.17, 15) is 0 Å². The maximum atomic E-state index is 5.37. The van der Waals surface area contributed by atoms with Gasteiger partial charge in [0.2, 0.25) is 0 Å². The molecule has 0 atom stereocenters. The van der Waals surface area contributed by atoms with E-state index in [0.717, 1.165) is 13.1 Å². The summed E-state index contributed by atoms with van der Waals surface area (Å²) < 4.78 is 0. The van der Waals surface area contributed by atoms with Crippen molar-refractivity contribution in [1.82, 2.24) is 0 Å². The Bertz CT molecular complexity index is 61.1. The van der Waals surface area contributed by atoms with Gasteiger partial charge in [-0.3, -0.25) is 0 Å².